The number of likely N-dealkylation sites (tertiary alicyclic amines) is 1. The first-order chi connectivity index (χ1) is 12.5. The predicted octanol–water partition coefficient (Wildman–Crippen LogP) is 4.05. The Morgan fingerprint density at radius 1 is 1.12 bits per heavy atom. The Labute approximate surface area is 150 Å². The number of hydrogen-bond donors (Lipinski definition) is 0. The molecule has 0 radical (unpaired) electrons. The third kappa shape index (κ3) is 5.29. The van der Waals surface area contributed by atoms with Gasteiger partial charge in [-0.3, -0.25) is 4.90 Å². The molecular formula is C19H20F3N3O. The van der Waals surface area contributed by atoms with Crippen molar-refractivity contribution in [3.8, 4) is 6.01 Å². The van der Waals surface area contributed by atoms with Gasteiger partial charge in [0.15, 0.2) is 5.69 Å². The van der Waals surface area contributed by atoms with Crippen molar-refractivity contribution in [2.24, 2.45) is 0 Å². The molecule has 7 heteroatoms. The first kappa shape index (κ1) is 18.4. The molecule has 0 spiro atoms. The molecule has 1 aliphatic rings. The summed E-state index contributed by atoms with van der Waals surface area (Å²) in [5, 5.41) is 0. The second-order valence-corrected chi connectivity index (χ2v) is 6.15. The van der Waals surface area contributed by atoms with Crippen LogP contribution in [0.25, 0.3) is 6.08 Å². The number of rotatable bonds is 5. The van der Waals surface area contributed by atoms with Crippen LogP contribution >= 0.6 is 0 Å². The van der Waals surface area contributed by atoms with Crippen molar-refractivity contribution in [2.75, 3.05) is 19.6 Å². The van der Waals surface area contributed by atoms with Crippen LogP contribution in [0.3, 0.4) is 0 Å². The normalized spacial score (nSPS) is 16.9. The smallest absolute Gasteiger partial charge is 0.433 e. The Kier molecular flexibility index (Phi) is 5.88. The van der Waals surface area contributed by atoms with E-state index in [1.54, 1.807) is 0 Å². The first-order valence-electron chi connectivity index (χ1n) is 8.51. The van der Waals surface area contributed by atoms with Crippen LogP contribution in [0.1, 0.15) is 24.1 Å². The molecule has 0 saturated carbocycles. The molecule has 0 N–H and O–H groups in total. The lowest BCUT2D eigenvalue weighted by Crippen LogP contribution is -2.38. The Morgan fingerprint density at radius 3 is 2.54 bits per heavy atom. The molecule has 2 heterocycles. The second kappa shape index (κ2) is 8.31. The third-order valence-electron chi connectivity index (χ3n) is 4.20. The quantitative estimate of drug-likeness (QED) is 0.803. The lowest BCUT2D eigenvalue weighted by atomic mass is 10.1. The highest BCUT2D eigenvalue weighted by molar-refractivity contribution is 5.48. The SMILES string of the molecule is FC(F)(F)c1ccnc(OC2CCN(C/C=C/c3ccccc3)CC2)n1. The summed E-state index contributed by atoms with van der Waals surface area (Å²) in [5.41, 5.74) is 0.179. The van der Waals surface area contributed by atoms with Crippen LogP contribution in [0, 0.1) is 0 Å². The van der Waals surface area contributed by atoms with Crippen LogP contribution in [0.2, 0.25) is 0 Å². The molecule has 26 heavy (non-hydrogen) atoms. The molecule has 4 nitrogen and oxygen atoms in total. The summed E-state index contributed by atoms with van der Waals surface area (Å²) in [4.78, 5) is 9.53. The summed E-state index contributed by atoms with van der Waals surface area (Å²) >= 11 is 0. The number of piperidine rings is 1. The van der Waals surface area contributed by atoms with E-state index in [-0.39, 0.29) is 12.1 Å². The van der Waals surface area contributed by atoms with Gasteiger partial charge < -0.3 is 4.74 Å². The minimum Gasteiger partial charge on any atom is -0.460 e. The summed E-state index contributed by atoms with van der Waals surface area (Å²) in [6.07, 6.45) is 2.10. The summed E-state index contributed by atoms with van der Waals surface area (Å²) in [5.74, 6) is 0. The van der Waals surface area contributed by atoms with Gasteiger partial charge in [0, 0.05) is 25.8 Å². The van der Waals surface area contributed by atoms with E-state index in [4.69, 9.17) is 4.74 Å². The van der Waals surface area contributed by atoms with Crippen molar-refractivity contribution in [3.63, 3.8) is 0 Å². The van der Waals surface area contributed by atoms with Gasteiger partial charge in [-0.05, 0) is 24.5 Å². The van der Waals surface area contributed by atoms with E-state index in [0.29, 0.717) is 0 Å². The van der Waals surface area contributed by atoms with Gasteiger partial charge in [0.1, 0.15) is 6.10 Å². The van der Waals surface area contributed by atoms with Gasteiger partial charge in [0.2, 0.25) is 0 Å². The van der Waals surface area contributed by atoms with Crippen LogP contribution in [-0.4, -0.2) is 40.6 Å². The largest absolute Gasteiger partial charge is 0.460 e. The average Bonchev–Trinajstić information content (AvgIpc) is 2.64. The highest BCUT2D eigenvalue weighted by atomic mass is 19.4. The second-order valence-electron chi connectivity index (χ2n) is 6.15. The fraction of sp³-hybridized carbons (Fsp3) is 0.368. The molecule has 1 saturated heterocycles. The van der Waals surface area contributed by atoms with E-state index < -0.39 is 11.9 Å². The number of halogens is 3. The van der Waals surface area contributed by atoms with E-state index in [1.807, 2.05) is 30.3 Å². The predicted molar refractivity (Wildman–Crippen MR) is 92.6 cm³/mol. The van der Waals surface area contributed by atoms with Crippen molar-refractivity contribution < 1.29 is 17.9 Å². The summed E-state index contributed by atoms with van der Waals surface area (Å²) < 4.78 is 43.6. The monoisotopic (exact) mass is 363 g/mol. The van der Waals surface area contributed by atoms with Crippen molar-refractivity contribution in [3.05, 3.63) is 59.9 Å². The van der Waals surface area contributed by atoms with Crippen molar-refractivity contribution in [2.45, 2.75) is 25.1 Å². The van der Waals surface area contributed by atoms with Gasteiger partial charge >= 0.3 is 12.2 Å². The molecule has 138 valence electrons. The molecule has 1 aromatic heterocycles. The van der Waals surface area contributed by atoms with Gasteiger partial charge in [-0.15, -0.1) is 0 Å². The highest BCUT2D eigenvalue weighted by Gasteiger charge is 2.33. The van der Waals surface area contributed by atoms with Gasteiger partial charge in [0.05, 0.1) is 0 Å². The Bertz CT molecular complexity index is 726. The summed E-state index contributed by atoms with van der Waals surface area (Å²) in [6.45, 7) is 2.48. The lowest BCUT2D eigenvalue weighted by molar-refractivity contribution is -0.141. The molecule has 0 amide bonds. The number of ether oxygens (including phenoxy) is 1. The maximum atomic E-state index is 12.7. The first-order valence-corrected chi connectivity index (χ1v) is 8.51. The standard InChI is InChI=1S/C19H20F3N3O/c20-19(21,22)17-8-11-23-18(24-17)26-16-9-13-25(14-10-16)12-4-7-15-5-2-1-3-6-15/h1-8,11,16H,9-10,12-14H2/b7-4+. The van der Waals surface area contributed by atoms with Crippen molar-refractivity contribution >= 4 is 6.08 Å². The van der Waals surface area contributed by atoms with Gasteiger partial charge in [0.25, 0.3) is 0 Å². The summed E-state index contributed by atoms with van der Waals surface area (Å²) in [6, 6.07) is 10.7. The maximum Gasteiger partial charge on any atom is 0.433 e. The number of aromatic nitrogens is 2. The molecule has 3 rings (SSSR count). The molecule has 0 atom stereocenters. The molecule has 0 aliphatic carbocycles. The topological polar surface area (TPSA) is 38.2 Å². The molecule has 0 unspecified atom stereocenters. The minimum atomic E-state index is -4.49. The van der Waals surface area contributed by atoms with Crippen molar-refractivity contribution in [1.82, 2.24) is 14.9 Å². The van der Waals surface area contributed by atoms with E-state index in [0.717, 1.165) is 50.3 Å². The van der Waals surface area contributed by atoms with Gasteiger partial charge in [-0.25, -0.2) is 4.98 Å². The zero-order valence-electron chi connectivity index (χ0n) is 14.2. The van der Waals surface area contributed by atoms with Crippen LogP contribution < -0.4 is 4.74 Å². The van der Waals surface area contributed by atoms with Crippen molar-refractivity contribution in [1.29, 1.82) is 0 Å². The molecule has 1 aromatic carbocycles. The number of alkyl halides is 3. The zero-order valence-corrected chi connectivity index (χ0v) is 14.2. The lowest BCUT2D eigenvalue weighted by Gasteiger charge is -2.30. The molecule has 0 bridgehead atoms. The summed E-state index contributed by atoms with van der Waals surface area (Å²) in [7, 11) is 0. The molecule has 1 aliphatic heterocycles. The van der Waals surface area contributed by atoms with Crippen LogP contribution in [-0.2, 0) is 6.18 Å². The minimum absolute atomic E-state index is 0.159. The number of nitrogens with zero attached hydrogens (tertiary/aromatic N) is 3. The molecule has 1 fully saturated rings. The number of benzene rings is 1. The fourth-order valence-electron chi connectivity index (χ4n) is 2.82. The van der Waals surface area contributed by atoms with Gasteiger partial charge in [-0.2, -0.15) is 18.2 Å². The zero-order chi connectivity index (χ0) is 18.4. The Morgan fingerprint density at radius 2 is 1.85 bits per heavy atom. The third-order valence-corrected chi connectivity index (χ3v) is 4.20. The van der Waals surface area contributed by atoms with Crippen LogP contribution in [0.4, 0.5) is 13.2 Å². The Balaban J connectivity index is 1.46. The molecular weight excluding hydrogens is 343 g/mol. The van der Waals surface area contributed by atoms with Crippen LogP contribution in [0.5, 0.6) is 6.01 Å². The maximum absolute atomic E-state index is 12.7. The van der Waals surface area contributed by atoms with Gasteiger partial charge in [-0.1, -0.05) is 42.5 Å². The Hall–Kier alpha value is -2.41. The van der Waals surface area contributed by atoms with Crippen LogP contribution in [0.15, 0.2) is 48.7 Å². The van der Waals surface area contributed by atoms with E-state index >= 15 is 0 Å². The number of hydrogen-bond acceptors (Lipinski definition) is 4. The highest BCUT2D eigenvalue weighted by Crippen LogP contribution is 2.28. The van der Waals surface area contributed by atoms with E-state index in [9.17, 15) is 13.2 Å². The fourth-order valence-corrected chi connectivity index (χ4v) is 2.82. The average molecular weight is 363 g/mol. The van der Waals surface area contributed by atoms with E-state index in [1.165, 1.54) is 0 Å². The van der Waals surface area contributed by atoms with E-state index in [2.05, 4.69) is 27.0 Å². The molecule has 2 aromatic rings.